The van der Waals surface area contributed by atoms with E-state index < -0.39 is 0 Å². The summed E-state index contributed by atoms with van der Waals surface area (Å²) < 4.78 is 18.3. The molecule has 1 N–H and O–H groups in total. The first-order valence-corrected chi connectivity index (χ1v) is 10.4. The zero-order chi connectivity index (χ0) is 20.5. The Morgan fingerprint density at radius 1 is 1.10 bits per heavy atom. The van der Waals surface area contributed by atoms with E-state index in [-0.39, 0.29) is 11.7 Å². The maximum Gasteiger partial charge on any atom is 0.254 e. The Hall–Kier alpha value is -2.86. The number of hydrogen-bond acceptors (Lipinski definition) is 4. The molecule has 0 atom stereocenters. The molecule has 1 amide bonds. The van der Waals surface area contributed by atoms with E-state index in [1.54, 1.807) is 49.3 Å². The Morgan fingerprint density at radius 2 is 1.90 bits per heavy atom. The van der Waals surface area contributed by atoms with E-state index in [9.17, 15) is 9.18 Å². The Balaban J connectivity index is 1.55. The smallest absolute Gasteiger partial charge is 0.254 e. The maximum absolute atomic E-state index is 13.0. The van der Waals surface area contributed by atoms with Crippen LogP contribution in [0.15, 0.2) is 71.9 Å². The van der Waals surface area contributed by atoms with Crippen molar-refractivity contribution in [2.45, 2.75) is 24.4 Å². The van der Waals surface area contributed by atoms with Crippen LogP contribution in [0.2, 0.25) is 0 Å². The van der Waals surface area contributed by atoms with Crippen LogP contribution >= 0.6 is 11.8 Å². The average Bonchev–Trinajstić information content (AvgIpc) is 2.76. The van der Waals surface area contributed by atoms with Crippen LogP contribution in [0.1, 0.15) is 27.9 Å². The highest BCUT2D eigenvalue weighted by atomic mass is 32.2. The van der Waals surface area contributed by atoms with Crippen molar-refractivity contribution >= 4 is 17.7 Å². The number of aryl methyl sites for hydroxylation is 1. The second-order valence-corrected chi connectivity index (χ2v) is 7.51. The Kier molecular flexibility index (Phi) is 7.64. The highest BCUT2D eigenvalue weighted by Crippen LogP contribution is 2.22. The van der Waals surface area contributed by atoms with E-state index >= 15 is 0 Å². The second-order valence-electron chi connectivity index (χ2n) is 6.43. The summed E-state index contributed by atoms with van der Waals surface area (Å²) in [6, 6.07) is 17.7. The number of carbonyl (C=O) groups is 1. The number of ether oxygens (including phenoxy) is 1. The summed E-state index contributed by atoms with van der Waals surface area (Å²) >= 11 is 1.56. The Labute approximate surface area is 174 Å². The fourth-order valence-corrected chi connectivity index (χ4v) is 3.83. The first kappa shape index (κ1) is 20.9. The summed E-state index contributed by atoms with van der Waals surface area (Å²) in [5.41, 5.74) is 2.58. The lowest BCUT2D eigenvalue weighted by Crippen LogP contribution is -2.24. The fraction of sp³-hybridized carbons (Fsp3) is 0.217. The summed E-state index contributed by atoms with van der Waals surface area (Å²) in [5.74, 6) is 1.18. The van der Waals surface area contributed by atoms with Crippen LogP contribution in [0.25, 0.3) is 0 Å². The number of rotatable bonds is 9. The van der Waals surface area contributed by atoms with Gasteiger partial charge in [0.2, 0.25) is 0 Å². The standard InChI is InChI=1S/C23H23FN2O2S/c1-28-21-9-3-2-7-18(21)16-26-22(27)20-8-4-14-25-23(20)29-15-5-6-17-10-12-19(24)13-11-17/h2-4,7-14H,5-6,15-16H2,1H3,(H,26,27). The minimum Gasteiger partial charge on any atom is -0.496 e. The van der Waals surface area contributed by atoms with Gasteiger partial charge in [0.15, 0.2) is 0 Å². The number of aromatic nitrogens is 1. The van der Waals surface area contributed by atoms with E-state index in [4.69, 9.17) is 4.74 Å². The van der Waals surface area contributed by atoms with Gasteiger partial charge in [-0.3, -0.25) is 4.79 Å². The third-order valence-corrected chi connectivity index (χ3v) is 5.50. The van der Waals surface area contributed by atoms with Gasteiger partial charge >= 0.3 is 0 Å². The largest absolute Gasteiger partial charge is 0.496 e. The number of halogens is 1. The third-order valence-electron chi connectivity index (χ3n) is 4.41. The van der Waals surface area contributed by atoms with E-state index in [0.29, 0.717) is 17.1 Å². The van der Waals surface area contributed by atoms with Crippen molar-refractivity contribution in [3.8, 4) is 5.75 Å². The first-order chi connectivity index (χ1) is 14.2. The van der Waals surface area contributed by atoms with Gasteiger partial charge in [-0.05, 0) is 54.5 Å². The summed E-state index contributed by atoms with van der Waals surface area (Å²) in [6.45, 7) is 0.381. The molecule has 2 aromatic carbocycles. The second kappa shape index (κ2) is 10.6. The van der Waals surface area contributed by atoms with Gasteiger partial charge in [0.25, 0.3) is 5.91 Å². The topological polar surface area (TPSA) is 51.2 Å². The molecular weight excluding hydrogens is 387 g/mol. The van der Waals surface area contributed by atoms with Crippen LogP contribution in [0.5, 0.6) is 5.75 Å². The van der Waals surface area contributed by atoms with Crippen molar-refractivity contribution < 1.29 is 13.9 Å². The predicted molar refractivity (Wildman–Crippen MR) is 114 cm³/mol. The van der Waals surface area contributed by atoms with Crippen LogP contribution in [-0.2, 0) is 13.0 Å². The van der Waals surface area contributed by atoms with Gasteiger partial charge in [-0.25, -0.2) is 9.37 Å². The van der Waals surface area contributed by atoms with Gasteiger partial charge < -0.3 is 10.1 Å². The molecule has 3 rings (SSSR count). The van der Waals surface area contributed by atoms with E-state index in [1.165, 1.54) is 12.1 Å². The highest BCUT2D eigenvalue weighted by Gasteiger charge is 2.13. The molecule has 4 nitrogen and oxygen atoms in total. The number of thioether (sulfide) groups is 1. The van der Waals surface area contributed by atoms with Gasteiger partial charge in [-0.2, -0.15) is 0 Å². The SMILES string of the molecule is COc1ccccc1CNC(=O)c1cccnc1SCCCc1ccc(F)cc1. The molecule has 6 heteroatoms. The zero-order valence-electron chi connectivity index (χ0n) is 16.2. The van der Waals surface area contributed by atoms with Crippen molar-refractivity contribution in [2.24, 2.45) is 0 Å². The molecule has 1 aromatic heterocycles. The molecule has 150 valence electrons. The van der Waals surface area contributed by atoms with Crippen LogP contribution < -0.4 is 10.1 Å². The van der Waals surface area contributed by atoms with Crippen molar-refractivity contribution in [3.63, 3.8) is 0 Å². The lowest BCUT2D eigenvalue weighted by molar-refractivity contribution is 0.0947. The molecule has 0 radical (unpaired) electrons. The normalized spacial score (nSPS) is 10.6. The number of nitrogens with one attached hydrogen (secondary N) is 1. The van der Waals surface area contributed by atoms with Gasteiger partial charge in [-0.1, -0.05) is 30.3 Å². The maximum atomic E-state index is 13.0. The van der Waals surface area contributed by atoms with Crippen LogP contribution in [0, 0.1) is 5.82 Å². The molecule has 0 aliphatic heterocycles. The number of carbonyl (C=O) groups excluding carboxylic acids is 1. The number of benzene rings is 2. The van der Waals surface area contributed by atoms with Crippen molar-refractivity contribution in [1.29, 1.82) is 0 Å². The molecule has 1 heterocycles. The van der Waals surface area contributed by atoms with Gasteiger partial charge in [0.1, 0.15) is 16.6 Å². The third kappa shape index (κ3) is 6.06. The number of methoxy groups -OCH3 is 1. The molecule has 0 spiro atoms. The lowest BCUT2D eigenvalue weighted by Gasteiger charge is -2.11. The number of pyridine rings is 1. The molecule has 3 aromatic rings. The lowest BCUT2D eigenvalue weighted by atomic mass is 10.1. The quantitative estimate of drug-likeness (QED) is 0.403. The minimum atomic E-state index is -0.222. The Bertz CT molecular complexity index is 948. The molecule has 0 aliphatic carbocycles. The Morgan fingerprint density at radius 3 is 2.69 bits per heavy atom. The van der Waals surface area contributed by atoms with Gasteiger partial charge in [0.05, 0.1) is 12.7 Å². The van der Waals surface area contributed by atoms with E-state index in [2.05, 4.69) is 10.3 Å². The van der Waals surface area contributed by atoms with E-state index in [0.717, 1.165) is 35.5 Å². The molecular formula is C23H23FN2O2S. The molecule has 0 saturated heterocycles. The molecule has 0 bridgehead atoms. The van der Waals surface area contributed by atoms with Crippen molar-refractivity contribution in [1.82, 2.24) is 10.3 Å². The summed E-state index contributed by atoms with van der Waals surface area (Å²) in [7, 11) is 1.61. The summed E-state index contributed by atoms with van der Waals surface area (Å²) in [6.07, 6.45) is 3.46. The first-order valence-electron chi connectivity index (χ1n) is 9.39. The zero-order valence-corrected chi connectivity index (χ0v) is 17.0. The highest BCUT2D eigenvalue weighted by molar-refractivity contribution is 7.99. The van der Waals surface area contributed by atoms with Gasteiger partial charge in [-0.15, -0.1) is 11.8 Å². The minimum absolute atomic E-state index is 0.162. The fourth-order valence-electron chi connectivity index (χ4n) is 2.89. The molecule has 0 unspecified atom stereocenters. The molecule has 29 heavy (non-hydrogen) atoms. The van der Waals surface area contributed by atoms with Crippen molar-refractivity contribution in [3.05, 3.63) is 89.4 Å². The summed E-state index contributed by atoms with van der Waals surface area (Å²) in [4.78, 5) is 17.1. The monoisotopic (exact) mass is 410 g/mol. The summed E-state index contributed by atoms with van der Waals surface area (Å²) in [5, 5.41) is 3.66. The van der Waals surface area contributed by atoms with Gasteiger partial charge in [0, 0.05) is 18.3 Å². The molecule has 0 fully saturated rings. The molecule has 0 aliphatic rings. The molecule has 0 saturated carbocycles. The van der Waals surface area contributed by atoms with Crippen LogP contribution in [0.3, 0.4) is 0 Å². The van der Waals surface area contributed by atoms with Crippen LogP contribution in [0.4, 0.5) is 4.39 Å². The number of hydrogen-bond donors (Lipinski definition) is 1. The van der Waals surface area contributed by atoms with Crippen LogP contribution in [-0.4, -0.2) is 23.8 Å². The van der Waals surface area contributed by atoms with E-state index in [1.807, 2.05) is 24.3 Å². The number of nitrogens with zero attached hydrogens (tertiary/aromatic N) is 1. The number of amides is 1. The van der Waals surface area contributed by atoms with Crippen molar-refractivity contribution in [2.75, 3.05) is 12.9 Å². The number of para-hydroxylation sites is 1. The average molecular weight is 411 g/mol. The predicted octanol–water partition coefficient (Wildman–Crippen LogP) is 4.88.